The third kappa shape index (κ3) is 2.09. The van der Waals surface area contributed by atoms with Gasteiger partial charge in [0.2, 0.25) is 5.91 Å². The molecule has 0 saturated carbocycles. The van der Waals surface area contributed by atoms with E-state index in [1.807, 2.05) is 6.07 Å². The number of hydrogen-bond donors (Lipinski definition) is 0. The molecular weight excluding hydrogens is 256 g/mol. The molecule has 0 aromatic heterocycles. The number of nitro benzene ring substituents is 1. The third-order valence-corrected chi connectivity index (χ3v) is 4.08. The van der Waals surface area contributed by atoms with Gasteiger partial charge in [-0.15, -0.1) is 0 Å². The summed E-state index contributed by atoms with van der Waals surface area (Å²) in [5.41, 5.74) is 1.54. The van der Waals surface area contributed by atoms with E-state index in [-0.39, 0.29) is 22.4 Å². The van der Waals surface area contributed by atoms with Crippen molar-refractivity contribution < 1.29 is 9.72 Å². The highest BCUT2D eigenvalue weighted by atomic mass is 16.6. The Labute approximate surface area is 117 Å². The molecule has 0 N–H and O–H groups in total. The van der Waals surface area contributed by atoms with Crippen molar-refractivity contribution in [2.24, 2.45) is 5.92 Å². The molecule has 5 heteroatoms. The highest BCUT2D eigenvalue weighted by Crippen LogP contribution is 2.36. The van der Waals surface area contributed by atoms with Crippen LogP contribution in [0, 0.1) is 16.0 Å². The first-order valence-electron chi connectivity index (χ1n) is 6.91. The zero-order valence-electron chi connectivity index (χ0n) is 11.1. The Hall–Kier alpha value is -2.17. The molecule has 3 rings (SSSR count). The van der Waals surface area contributed by atoms with E-state index in [0.717, 1.165) is 24.9 Å². The van der Waals surface area contributed by atoms with E-state index in [0.29, 0.717) is 18.5 Å². The summed E-state index contributed by atoms with van der Waals surface area (Å²) in [4.78, 5) is 25.0. The van der Waals surface area contributed by atoms with Crippen LogP contribution < -0.4 is 4.90 Å². The molecule has 1 heterocycles. The number of carbonyl (C=O) groups excluding carboxylic acids is 1. The van der Waals surface area contributed by atoms with E-state index in [4.69, 9.17) is 0 Å². The number of benzene rings is 1. The average molecular weight is 272 g/mol. The fourth-order valence-electron chi connectivity index (χ4n) is 3.05. The van der Waals surface area contributed by atoms with E-state index < -0.39 is 0 Å². The smallest absolute Gasteiger partial charge is 0.274 e. The molecule has 0 radical (unpaired) electrons. The number of anilines is 1. The van der Waals surface area contributed by atoms with Crippen LogP contribution in [0.25, 0.3) is 0 Å². The molecule has 1 aliphatic carbocycles. The molecule has 5 nitrogen and oxygen atoms in total. The molecule has 0 fully saturated rings. The molecule has 104 valence electrons. The maximum atomic E-state index is 12.6. The van der Waals surface area contributed by atoms with Gasteiger partial charge in [0.05, 0.1) is 16.2 Å². The molecule has 20 heavy (non-hydrogen) atoms. The fourth-order valence-corrected chi connectivity index (χ4v) is 3.05. The summed E-state index contributed by atoms with van der Waals surface area (Å²) < 4.78 is 0. The van der Waals surface area contributed by atoms with Gasteiger partial charge in [-0.3, -0.25) is 14.9 Å². The number of hydrogen-bond acceptors (Lipinski definition) is 3. The van der Waals surface area contributed by atoms with Gasteiger partial charge in [-0.2, -0.15) is 0 Å². The monoisotopic (exact) mass is 272 g/mol. The number of nitrogens with zero attached hydrogens (tertiary/aromatic N) is 2. The molecule has 0 saturated heterocycles. The minimum atomic E-state index is -0.365. The van der Waals surface area contributed by atoms with Gasteiger partial charge in [-0.25, -0.2) is 0 Å². The molecule has 1 aromatic rings. The number of nitro groups is 1. The maximum absolute atomic E-state index is 12.6. The summed E-state index contributed by atoms with van der Waals surface area (Å²) in [6.07, 6.45) is 7.31. The lowest BCUT2D eigenvalue weighted by atomic mass is 9.93. The molecule has 1 aliphatic heterocycles. The standard InChI is InChI=1S/C15H16N2O3/c18-15(11-5-2-1-3-6-11)16-10-9-12-13(16)7-4-8-14(12)17(19)20/h1-2,4,7-8,11H,3,5-6,9-10H2. The fraction of sp³-hybridized carbons (Fsp3) is 0.400. The molecule has 0 bridgehead atoms. The van der Waals surface area contributed by atoms with Crippen molar-refractivity contribution in [1.82, 2.24) is 0 Å². The first-order valence-corrected chi connectivity index (χ1v) is 6.91. The second-order valence-electron chi connectivity index (χ2n) is 5.25. The third-order valence-electron chi connectivity index (χ3n) is 4.08. The van der Waals surface area contributed by atoms with Crippen molar-refractivity contribution in [2.45, 2.75) is 25.7 Å². The number of rotatable bonds is 2. The summed E-state index contributed by atoms with van der Waals surface area (Å²) in [6, 6.07) is 4.98. The van der Waals surface area contributed by atoms with Crippen LogP contribution in [-0.4, -0.2) is 17.4 Å². The Balaban J connectivity index is 1.89. The number of carbonyl (C=O) groups is 1. The van der Waals surface area contributed by atoms with Gasteiger partial charge in [0, 0.05) is 18.5 Å². The Kier molecular flexibility index (Phi) is 3.26. The lowest BCUT2D eigenvalue weighted by molar-refractivity contribution is -0.385. The molecular formula is C15H16N2O3. The summed E-state index contributed by atoms with van der Waals surface area (Å²) in [6.45, 7) is 0.555. The van der Waals surface area contributed by atoms with E-state index in [9.17, 15) is 14.9 Å². The number of allylic oxidation sites excluding steroid dienone is 2. The number of fused-ring (bicyclic) bond motifs is 1. The Morgan fingerprint density at radius 3 is 2.90 bits per heavy atom. The van der Waals surface area contributed by atoms with E-state index in [1.54, 1.807) is 11.0 Å². The minimum absolute atomic E-state index is 0.0187. The van der Waals surface area contributed by atoms with E-state index in [1.165, 1.54) is 6.07 Å². The summed E-state index contributed by atoms with van der Waals surface area (Å²) in [7, 11) is 0. The topological polar surface area (TPSA) is 63.5 Å². The van der Waals surface area contributed by atoms with Crippen LogP contribution in [0.4, 0.5) is 11.4 Å². The zero-order valence-corrected chi connectivity index (χ0v) is 11.1. The Morgan fingerprint density at radius 1 is 1.35 bits per heavy atom. The van der Waals surface area contributed by atoms with Crippen LogP contribution >= 0.6 is 0 Å². The molecule has 1 unspecified atom stereocenters. The molecule has 2 aliphatic rings. The Morgan fingerprint density at radius 2 is 2.20 bits per heavy atom. The predicted octanol–water partition coefficient (Wildman–Crippen LogP) is 2.84. The lowest BCUT2D eigenvalue weighted by Crippen LogP contribution is -2.35. The summed E-state index contributed by atoms with van der Waals surface area (Å²) in [5, 5.41) is 11.0. The highest BCUT2D eigenvalue weighted by molar-refractivity contribution is 5.97. The van der Waals surface area contributed by atoms with Gasteiger partial charge in [-0.05, 0) is 31.7 Å². The molecule has 1 aromatic carbocycles. The van der Waals surface area contributed by atoms with Crippen LogP contribution in [0.2, 0.25) is 0 Å². The van der Waals surface area contributed by atoms with Gasteiger partial charge in [0.15, 0.2) is 0 Å². The van der Waals surface area contributed by atoms with E-state index in [2.05, 4.69) is 12.2 Å². The second kappa shape index (κ2) is 5.07. The number of amides is 1. The zero-order chi connectivity index (χ0) is 14.1. The maximum Gasteiger partial charge on any atom is 0.274 e. The van der Waals surface area contributed by atoms with Crippen molar-refractivity contribution in [3.05, 3.63) is 46.0 Å². The van der Waals surface area contributed by atoms with Gasteiger partial charge in [0.25, 0.3) is 5.69 Å². The minimum Gasteiger partial charge on any atom is -0.311 e. The van der Waals surface area contributed by atoms with Crippen LogP contribution in [0.1, 0.15) is 24.8 Å². The quantitative estimate of drug-likeness (QED) is 0.472. The van der Waals surface area contributed by atoms with Gasteiger partial charge < -0.3 is 4.90 Å². The van der Waals surface area contributed by atoms with Crippen molar-refractivity contribution in [1.29, 1.82) is 0 Å². The van der Waals surface area contributed by atoms with E-state index >= 15 is 0 Å². The van der Waals surface area contributed by atoms with Crippen molar-refractivity contribution in [3.8, 4) is 0 Å². The highest BCUT2D eigenvalue weighted by Gasteiger charge is 2.33. The largest absolute Gasteiger partial charge is 0.311 e. The molecule has 1 atom stereocenters. The van der Waals surface area contributed by atoms with Crippen molar-refractivity contribution >= 4 is 17.3 Å². The normalized spacial score (nSPS) is 20.8. The van der Waals surface area contributed by atoms with Crippen molar-refractivity contribution in [2.75, 3.05) is 11.4 Å². The van der Waals surface area contributed by atoms with Crippen LogP contribution in [0.3, 0.4) is 0 Å². The van der Waals surface area contributed by atoms with Crippen molar-refractivity contribution in [3.63, 3.8) is 0 Å². The average Bonchev–Trinajstić information content (AvgIpc) is 2.91. The van der Waals surface area contributed by atoms with Crippen LogP contribution in [0.5, 0.6) is 0 Å². The lowest BCUT2D eigenvalue weighted by Gasteiger charge is -2.24. The summed E-state index contributed by atoms with van der Waals surface area (Å²) in [5.74, 6) is 0.124. The van der Waals surface area contributed by atoms with Gasteiger partial charge >= 0.3 is 0 Å². The summed E-state index contributed by atoms with van der Waals surface area (Å²) >= 11 is 0. The van der Waals surface area contributed by atoms with Crippen LogP contribution in [0.15, 0.2) is 30.4 Å². The first-order chi connectivity index (χ1) is 9.68. The first kappa shape index (κ1) is 12.8. The SMILES string of the molecule is O=C(C1CC=CCC1)N1CCc2c1cccc2[N+](=O)[O-]. The van der Waals surface area contributed by atoms with Gasteiger partial charge in [0.1, 0.15) is 0 Å². The molecule has 0 spiro atoms. The van der Waals surface area contributed by atoms with Gasteiger partial charge in [-0.1, -0.05) is 18.2 Å². The second-order valence-corrected chi connectivity index (χ2v) is 5.25. The predicted molar refractivity (Wildman–Crippen MR) is 75.6 cm³/mol. The Bertz CT molecular complexity index is 595. The van der Waals surface area contributed by atoms with Crippen LogP contribution in [-0.2, 0) is 11.2 Å². The molecule has 1 amide bonds.